The van der Waals surface area contributed by atoms with Gasteiger partial charge in [0.1, 0.15) is 0 Å². The standard InChI is InChI=1S/C5H6S.C2H2N2S/c1-5-3-2-4-6-5;1-2-5-4-3-1/h2-4H,1H3;1-2H. The van der Waals surface area contributed by atoms with Gasteiger partial charge in [-0.15, -0.1) is 16.4 Å². The molecule has 0 unspecified atom stereocenters. The van der Waals surface area contributed by atoms with Crippen molar-refractivity contribution in [2.45, 2.75) is 6.92 Å². The van der Waals surface area contributed by atoms with Crippen molar-refractivity contribution in [3.05, 3.63) is 34.0 Å². The molecule has 0 N–H and O–H groups in total. The molecule has 0 aromatic carbocycles. The Morgan fingerprint density at radius 1 is 1.36 bits per heavy atom. The Kier molecular flexibility index (Phi) is 3.79. The van der Waals surface area contributed by atoms with Gasteiger partial charge in [0.05, 0.1) is 6.20 Å². The Bertz CT molecular complexity index is 233. The maximum absolute atomic E-state index is 3.51. The van der Waals surface area contributed by atoms with Crippen LogP contribution >= 0.6 is 22.9 Å². The first-order valence-electron chi connectivity index (χ1n) is 3.10. The van der Waals surface area contributed by atoms with Gasteiger partial charge in [0.15, 0.2) is 0 Å². The second-order valence-corrected chi connectivity index (χ2v) is 3.61. The van der Waals surface area contributed by atoms with Gasteiger partial charge in [-0.1, -0.05) is 10.6 Å². The third-order valence-electron chi connectivity index (χ3n) is 0.946. The second kappa shape index (κ2) is 4.98. The molecule has 0 aliphatic rings. The second-order valence-electron chi connectivity index (χ2n) is 1.81. The fourth-order valence-corrected chi connectivity index (χ4v) is 1.30. The van der Waals surface area contributed by atoms with Crippen LogP contribution in [0.4, 0.5) is 0 Å². The molecule has 0 atom stereocenters. The molecule has 2 aromatic heterocycles. The Balaban J connectivity index is 0.000000112. The van der Waals surface area contributed by atoms with E-state index in [4.69, 9.17) is 0 Å². The van der Waals surface area contributed by atoms with Crippen molar-refractivity contribution in [2.24, 2.45) is 0 Å². The summed E-state index contributed by atoms with van der Waals surface area (Å²) in [5, 5.41) is 7.39. The molecule has 58 valence electrons. The van der Waals surface area contributed by atoms with Crippen LogP contribution in [-0.4, -0.2) is 9.59 Å². The maximum atomic E-state index is 3.51. The molecule has 2 rings (SSSR count). The van der Waals surface area contributed by atoms with Crippen molar-refractivity contribution in [1.82, 2.24) is 9.59 Å². The first-order valence-corrected chi connectivity index (χ1v) is 4.82. The van der Waals surface area contributed by atoms with Crippen molar-refractivity contribution < 1.29 is 0 Å². The van der Waals surface area contributed by atoms with Gasteiger partial charge in [0.2, 0.25) is 0 Å². The van der Waals surface area contributed by atoms with Crippen molar-refractivity contribution in [2.75, 3.05) is 0 Å². The molecule has 0 radical (unpaired) electrons. The monoisotopic (exact) mass is 184 g/mol. The van der Waals surface area contributed by atoms with Gasteiger partial charge in [-0.05, 0) is 29.9 Å². The third kappa shape index (κ3) is 3.85. The van der Waals surface area contributed by atoms with Crippen LogP contribution in [-0.2, 0) is 0 Å². The van der Waals surface area contributed by atoms with Gasteiger partial charge in [-0.25, -0.2) is 0 Å². The zero-order valence-electron chi connectivity index (χ0n) is 6.10. The smallest absolute Gasteiger partial charge is 0.0620 e. The largest absolute Gasteiger partial charge is 0.149 e. The lowest BCUT2D eigenvalue weighted by molar-refractivity contribution is 1.16. The molecule has 0 aliphatic carbocycles. The molecule has 0 spiro atoms. The van der Waals surface area contributed by atoms with Crippen molar-refractivity contribution >= 4 is 22.9 Å². The molecular weight excluding hydrogens is 176 g/mol. The quantitative estimate of drug-likeness (QED) is 0.629. The summed E-state index contributed by atoms with van der Waals surface area (Å²) in [5.74, 6) is 0. The minimum atomic E-state index is 1.35. The molecule has 2 aromatic rings. The number of hydrogen-bond donors (Lipinski definition) is 0. The molecule has 2 heterocycles. The summed E-state index contributed by atoms with van der Waals surface area (Å²) >= 11 is 3.13. The molecule has 0 aliphatic heterocycles. The predicted octanol–water partition coefficient (Wildman–Crippen LogP) is 2.59. The van der Waals surface area contributed by atoms with E-state index in [0.717, 1.165) is 0 Å². The highest BCUT2D eigenvalue weighted by molar-refractivity contribution is 7.09. The summed E-state index contributed by atoms with van der Waals surface area (Å²) in [5.41, 5.74) is 0. The van der Waals surface area contributed by atoms with Crippen LogP contribution in [0.5, 0.6) is 0 Å². The average molecular weight is 184 g/mol. The molecule has 4 heteroatoms. The molecular formula is C7H8N2S2. The van der Waals surface area contributed by atoms with Gasteiger partial charge in [-0.3, -0.25) is 0 Å². The van der Waals surface area contributed by atoms with Crippen LogP contribution in [0.1, 0.15) is 4.88 Å². The molecule has 11 heavy (non-hydrogen) atoms. The lowest BCUT2D eigenvalue weighted by atomic mass is 10.5. The van der Waals surface area contributed by atoms with Gasteiger partial charge in [-0.2, -0.15) is 0 Å². The van der Waals surface area contributed by atoms with Crippen LogP contribution in [0.2, 0.25) is 0 Å². The van der Waals surface area contributed by atoms with Crippen molar-refractivity contribution in [3.8, 4) is 0 Å². The summed E-state index contributed by atoms with van der Waals surface area (Å²) in [6.45, 7) is 2.10. The number of aromatic nitrogens is 2. The summed E-state index contributed by atoms with van der Waals surface area (Å²) < 4.78 is 3.51. The summed E-state index contributed by atoms with van der Waals surface area (Å²) in [6, 6.07) is 4.16. The zero-order chi connectivity index (χ0) is 7.94. The normalized spacial score (nSPS) is 8.45. The van der Waals surface area contributed by atoms with E-state index < -0.39 is 0 Å². The molecule has 2 nitrogen and oxygen atoms in total. The summed E-state index contributed by atoms with van der Waals surface area (Å²) in [4.78, 5) is 1.38. The number of rotatable bonds is 0. The highest BCUT2D eigenvalue weighted by atomic mass is 32.1. The highest BCUT2D eigenvalue weighted by Crippen LogP contribution is 2.03. The van der Waals surface area contributed by atoms with E-state index in [1.54, 1.807) is 17.5 Å². The molecule has 0 bridgehead atoms. The Morgan fingerprint density at radius 2 is 2.27 bits per heavy atom. The Morgan fingerprint density at radius 3 is 2.45 bits per heavy atom. The maximum Gasteiger partial charge on any atom is 0.0620 e. The van der Waals surface area contributed by atoms with Gasteiger partial charge in [0.25, 0.3) is 0 Å². The van der Waals surface area contributed by atoms with Crippen LogP contribution < -0.4 is 0 Å². The van der Waals surface area contributed by atoms with E-state index in [2.05, 4.69) is 34.0 Å². The molecule has 0 amide bonds. The van der Waals surface area contributed by atoms with E-state index in [1.807, 2.05) is 5.38 Å². The Labute approximate surface area is 73.7 Å². The SMILES string of the molecule is Cc1cccs1.c1csnn1. The van der Waals surface area contributed by atoms with E-state index in [0.29, 0.717) is 0 Å². The van der Waals surface area contributed by atoms with E-state index in [1.165, 1.54) is 16.4 Å². The van der Waals surface area contributed by atoms with Crippen LogP contribution in [0.25, 0.3) is 0 Å². The number of hydrogen-bond acceptors (Lipinski definition) is 4. The van der Waals surface area contributed by atoms with E-state index in [9.17, 15) is 0 Å². The van der Waals surface area contributed by atoms with Crippen molar-refractivity contribution in [1.29, 1.82) is 0 Å². The minimum Gasteiger partial charge on any atom is -0.149 e. The Hall–Kier alpha value is -0.740. The summed E-state index contributed by atoms with van der Waals surface area (Å²) in [7, 11) is 0. The van der Waals surface area contributed by atoms with Gasteiger partial charge >= 0.3 is 0 Å². The van der Waals surface area contributed by atoms with Gasteiger partial charge < -0.3 is 0 Å². The molecule has 0 saturated carbocycles. The predicted molar refractivity (Wildman–Crippen MR) is 49.0 cm³/mol. The number of aryl methyl sites for hydroxylation is 1. The first-order chi connectivity index (χ1) is 5.39. The number of thiophene rings is 1. The lowest BCUT2D eigenvalue weighted by Gasteiger charge is -1.65. The fraction of sp³-hybridized carbons (Fsp3) is 0.143. The average Bonchev–Trinajstić information content (AvgIpc) is 2.57. The first kappa shape index (κ1) is 8.36. The van der Waals surface area contributed by atoms with Crippen LogP contribution in [0, 0.1) is 6.92 Å². The van der Waals surface area contributed by atoms with Gasteiger partial charge in [0, 0.05) is 10.3 Å². The molecule has 0 saturated heterocycles. The molecule has 0 fully saturated rings. The lowest BCUT2D eigenvalue weighted by Crippen LogP contribution is -1.51. The minimum absolute atomic E-state index is 1.35. The highest BCUT2D eigenvalue weighted by Gasteiger charge is 1.74. The zero-order valence-corrected chi connectivity index (χ0v) is 7.73. The number of nitrogens with zero attached hydrogens (tertiary/aromatic N) is 2. The van der Waals surface area contributed by atoms with E-state index in [-0.39, 0.29) is 0 Å². The third-order valence-corrected chi connectivity index (χ3v) is 2.18. The van der Waals surface area contributed by atoms with Crippen LogP contribution in [0.15, 0.2) is 29.1 Å². The summed E-state index contributed by atoms with van der Waals surface area (Å²) in [6.07, 6.45) is 1.66. The topological polar surface area (TPSA) is 25.8 Å². The van der Waals surface area contributed by atoms with E-state index >= 15 is 0 Å². The van der Waals surface area contributed by atoms with Crippen molar-refractivity contribution in [3.63, 3.8) is 0 Å². The van der Waals surface area contributed by atoms with Crippen LogP contribution in [0.3, 0.4) is 0 Å². The fourth-order valence-electron chi connectivity index (χ4n) is 0.497.